The largest absolute Gasteiger partial charge is 0.508 e. The quantitative estimate of drug-likeness (QED) is 0.611. The number of nitrogens with one attached hydrogen (secondary N) is 1. The van der Waals surface area contributed by atoms with Gasteiger partial charge in [-0.15, -0.1) is 0 Å². The van der Waals surface area contributed by atoms with E-state index in [2.05, 4.69) is 5.32 Å². The molecule has 0 radical (unpaired) electrons. The molecule has 72 valence electrons. The molecular weight excluding hydrogens is 178 g/mol. The monoisotopic (exact) mass is 189 g/mol. The van der Waals surface area contributed by atoms with Gasteiger partial charge in [-0.3, -0.25) is 4.79 Å². The van der Waals surface area contributed by atoms with Crippen LogP contribution in [0.4, 0.5) is 5.69 Å². The van der Waals surface area contributed by atoms with Crippen LogP contribution >= 0.6 is 0 Å². The van der Waals surface area contributed by atoms with E-state index in [0.717, 1.165) is 30.5 Å². The van der Waals surface area contributed by atoms with E-state index in [-0.39, 0.29) is 17.1 Å². The summed E-state index contributed by atoms with van der Waals surface area (Å²) in [5.41, 5.74) is 1.54. The molecule has 1 aromatic rings. The number of phenols is 1. The van der Waals surface area contributed by atoms with Crippen molar-refractivity contribution in [2.24, 2.45) is 0 Å². The summed E-state index contributed by atoms with van der Waals surface area (Å²) in [7, 11) is 0. The molecule has 1 spiro atoms. The minimum Gasteiger partial charge on any atom is -0.508 e. The van der Waals surface area contributed by atoms with Crippen LogP contribution in [0.25, 0.3) is 0 Å². The highest BCUT2D eigenvalue weighted by Gasteiger charge is 2.50. The molecule has 1 amide bonds. The predicted octanol–water partition coefficient (Wildman–Crippen LogP) is 1.77. The summed E-state index contributed by atoms with van der Waals surface area (Å²) < 4.78 is 0. The minimum absolute atomic E-state index is 0.101. The second-order valence-corrected chi connectivity index (χ2v) is 4.12. The molecule has 0 unspecified atom stereocenters. The normalized spacial score (nSPS) is 21.6. The maximum atomic E-state index is 11.8. The fourth-order valence-electron chi connectivity index (χ4n) is 2.43. The lowest BCUT2D eigenvalue weighted by atomic mass is 9.65. The Kier molecular flexibility index (Phi) is 1.29. The summed E-state index contributed by atoms with van der Waals surface area (Å²) in [6.45, 7) is 0. The predicted molar refractivity (Wildman–Crippen MR) is 52.3 cm³/mol. The summed E-state index contributed by atoms with van der Waals surface area (Å²) in [5.74, 6) is 0.343. The average molecular weight is 189 g/mol. The molecule has 3 rings (SSSR count). The van der Waals surface area contributed by atoms with Crippen LogP contribution in [0.5, 0.6) is 5.75 Å². The summed E-state index contributed by atoms with van der Waals surface area (Å²) >= 11 is 0. The van der Waals surface area contributed by atoms with E-state index < -0.39 is 0 Å². The molecule has 1 aliphatic heterocycles. The molecule has 1 saturated carbocycles. The molecule has 3 heteroatoms. The third-order valence-electron chi connectivity index (χ3n) is 3.41. The Morgan fingerprint density at radius 2 is 2.14 bits per heavy atom. The first-order valence-electron chi connectivity index (χ1n) is 4.87. The van der Waals surface area contributed by atoms with Crippen LogP contribution in [0.2, 0.25) is 0 Å². The van der Waals surface area contributed by atoms with Crippen molar-refractivity contribution in [3.05, 3.63) is 23.8 Å². The van der Waals surface area contributed by atoms with E-state index in [1.54, 1.807) is 18.2 Å². The third-order valence-corrected chi connectivity index (χ3v) is 3.41. The summed E-state index contributed by atoms with van der Waals surface area (Å²) in [6.07, 6.45) is 2.92. The number of hydrogen-bond acceptors (Lipinski definition) is 2. The van der Waals surface area contributed by atoms with Crippen molar-refractivity contribution in [1.29, 1.82) is 0 Å². The van der Waals surface area contributed by atoms with Gasteiger partial charge in [0.05, 0.1) is 5.41 Å². The topological polar surface area (TPSA) is 49.3 Å². The van der Waals surface area contributed by atoms with Gasteiger partial charge in [0.2, 0.25) is 5.91 Å². The van der Waals surface area contributed by atoms with Gasteiger partial charge < -0.3 is 10.4 Å². The van der Waals surface area contributed by atoms with Gasteiger partial charge in [-0.2, -0.15) is 0 Å². The smallest absolute Gasteiger partial charge is 0.235 e. The standard InChI is InChI=1S/C11H11NO2/c13-7-2-3-9-8(6-7)11(4-1-5-11)10(14)12-9/h2-3,6,13H,1,4-5H2,(H,12,14). The van der Waals surface area contributed by atoms with Crippen LogP contribution in [0.3, 0.4) is 0 Å². The lowest BCUT2D eigenvalue weighted by Crippen LogP contribution is -2.40. The zero-order chi connectivity index (χ0) is 9.76. The Balaban J connectivity index is 2.20. The number of amides is 1. The summed E-state index contributed by atoms with van der Waals surface area (Å²) in [4.78, 5) is 11.8. The fraction of sp³-hybridized carbons (Fsp3) is 0.364. The molecule has 0 atom stereocenters. The van der Waals surface area contributed by atoms with Gasteiger partial charge in [-0.1, -0.05) is 6.42 Å². The molecule has 1 heterocycles. The van der Waals surface area contributed by atoms with E-state index in [0.29, 0.717) is 0 Å². The van der Waals surface area contributed by atoms with Crippen molar-refractivity contribution in [2.75, 3.05) is 5.32 Å². The van der Waals surface area contributed by atoms with Crippen molar-refractivity contribution in [1.82, 2.24) is 0 Å². The number of aromatic hydroxyl groups is 1. The first-order valence-corrected chi connectivity index (χ1v) is 4.87. The second-order valence-electron chi connectivity index (χ2n) is 4.12. The maximum Gasteiger partial charge on any atom is 0.235 e. The van der Waals surface area contributed by atoms with Gasteiger partial charge in [-0.05, 0) is 36.6 Å². The van der Waals surface area contributed by atoms with Gasteiger partial charge in [0, 0.05) is 5.69 Å². The van der Waals surface area contributed by atoms with Crippen LogP contribution in [-0.4, -0.2) is 11.0 Å². The van der Waals surface area contributed by atoms with E-state index in [4.69, 9.17) is 0 Å². The van der Waals surface area contributed by atoms with Gasteiger partial charge in [0.25, 0.3) is 0 Å². The molecule has 1 fully saturated rings. The maximum absolute atomic E-state index is 11.8. The van der Waals surface area contributed by atoms with Crippen LogP contribution in [0.1, 0.15) is 24.8 Å². The Hall–Kier alpha value is -1.51. The number of fused-ring (bicyclic) bond motifs is 2. The number of hydrogen-bond donors (Lipinski definition) is 2. The van der Waals surface area contributed by atoms with Crippen molar-refractivity contribution >= 4 is 11.6 Å². The molecule has 0 bridgehead atoms. The molecular formula is C11H11NO2. The Labute approximate surface area is 81.8 Å². The summed E-state index contributed by atoms with van der Waals surface area (Å²) in [6, 6.07) is 5.10. The molecule has 14 heavy (non-hydrogen) atoms. The van der Waals surface area contributed by atoms with Gasteiger partial charge in [-0.25, -0.2) is 0 Å². The van der Waals surface area contributed by atoms with Gasteiger partial charge in [0.1, 0.15) is 5.75 Å². The number of carbonyl (C=O) groups is 1. The molecule has 1 aromatic carbocycles. The summed E-state index contributed by atoms with van der Waals surface area (Å²) in [5, 5.41) is 12.3. The van der Waals surface area contributed by atoms with Crippen molar-refractivity contribution in [2.45, 2.75) is 24.7 Å². The highest BCUT2D eigenvalue weighted by atomic mass is 16.3. The SMILES string of the molecule is O=C1Nc2ccc(O)cc2C12CCC2. The van der Waals surface area contributed by atoms with Crippen molar-refractivity contribution in [3.63, 3.8) is 0 Å². The number of benzene rings is 1. The molecule has 3 nitrogen and oxygen atoms in total. The molecule has 1 aliphatic carbocycles. The molecule has 2 aliphatic rings. The van der Waals surface area contributed by atoms with Crippen molar-refractivity contribution in [3.8, 4) is 5.75 Å². The van der Waals surface area contributed by atoms with E-state index in [9.17, 15) is 9.90 Å². The van der Waals surface area contributed by atoms with E-state index in [1.165, 1.54) is 0 Å². The van der Waals surface area contributed by atoms with Gasteiger partial charge in [0.15, 0.2) is 0 Å². The Morgan fingerprint density at radius 1 is 1.36 bits per heavy atom. The lowest BCUT2D eigenvalue weighted by Gasteiger charge is -2.36. The molecule has 2 N–H and O–H groups in total. The third kappa shape index (κ3) is 0.750. The second kappa shape index (κ2) is 2.29. The zero-order valence-electron chi connectivity index (χ0n) is 7.71. The van der Waals surface area contributed by atoms with E-state index >= 15 is 0 Å². The minimum atomic E-state index is -0.311. The van der Waals surface area contributed by atoms with E-state index in [1.807, 2.05) is 0 Å². The number of phenolic OH excluding ortho intramolecular Hbond substituents is 1. The number of carbonyl (C=O) groups excluding carboxylic acids is 1. The Bertz CT molecular complexity index is 421. The van der Waals surface area contributed by atoms with Crippen LogP contribution in [-0.2, 0) is 10.2 Å². The van der Waals surface area contributed by atoms with Crippen LogP contribution in [0.15, 0.2) is 18.2 Å². The Morgan fingerprint density at radius 3 is 2.79 bits per heavy atom. The lowest BCUT2D eigenvalue weighted by molar-refractivity contribution is -0.123. The molecule has 0 aromatic heterocycles. The van der Waals surface area contributed by atoms with Crippen LogP contribution < -0.4 is 5.32 Å². The first kappa shape index (κ1) is 7.85. The number of anilines is 1. The van der Waals surface area contributed by atoms with Gasteiger partial charge >= 0.3 is 0 Å². The fourth-order valence-corrected chi connectivity index (χ4v) is 2.43. The van der Waals surface area contributed by atoms with Crippen LogP contribution in [0, 0.1) is 0 Å². The average Bonchev–Trinajstić information content (AvgIpc) is 2.35. The molecule has 0 saturated heterocycles. The zero-order valence-corrected chi connectivity index (χ0v) is 7.71. The highest BCUT2D eigenvalue weighted by Crippen LogP contribution is 2.51. The number of rotatable bonds is 0. The highest BCUT2D eigenvalue weighted by molar-refractivity contribution is 6.07. The van der Waals surface area contributed by atoms with Crippen molar-refractivity contribution < 1.29 is 9.90 Å². The first-order chi connectivity index (χ1) is 6.72.